The molecule has 0 atom stereocenters. The summed E-state index contributed by atoms with van der Waals surface area (Å²) in [7, 11) is 0. The van der Waals surface area contributed by atoms with Crippen LogP contribution >= 0.6 is 11.6 Å². The van der Waals surface area contributed by atoms with Gasteiger partial charge < -0.3 is 15.8 Å². The molecule has 0 aliphatic heterocycles. The van der Waals surface area contributed by atoms with Gasteiger partial charge in [-0.05, 0) is 37.1 Å². The van der Waals surface area contributed by atoms with Crippen LogP contribution < -0.4 is 5.73 Å². The van der Waals surface area contributed by atoms with Crippen molar-refractivity contribution in [3.8, 4) is 5.75 Å². The highest BCUT2D eigenvalue weighted by atomic mass is 35.5. The van der Waals surface area contributed by atoms with Crippen LogP contribution in [0.2, 0.25) is 5.02 Å². The fraction of sp³-hybridized carbons (Fsp3) is 0.333. The summed E-state index contributed by atoms with van der Waals surface area (Å²) >= 11 is 6.13. The molecule has 0 saturated carbocycles. The molecule has 0 fully saturated rings. The van der Waals surface area contributed by atoms with E-state index in [9.17, 15) is 5.11 Å². The third kappa shape index (κ3) is 1.66. The van der Waals surface area contributed by atoms with Crippen molar-refractivity contribution in [1.29, 1.82) is 0 Å². The van der Waals surface area contributed by atoms with E-state index in [1.165, 1.54) is 0 Å². The first-order valence-electron chi connectivity index (χ1n) is 5.40. The molecule has 2 aromatic rings. The molecule has 16 heavy (non-hydrogen) atoms. The minimum absolute atomic E-state index is 0.120. The van der Waals surface area contributed by atoms with Crippen molar-refractivity contribution in [3.05, 3.63) is 28.4 Å². The number of aryl methyl sites for hydroxylation is 1. The van der Waals surface area contributed by atoms with Gasteiger partial charge in [-0.25, -0.2) is 0 Å². The Morgan fingerprint density at radius 1 is 1.44 bits per heavy atom. The fourth-order valence-electron chi connectivity index (χ4n) is 2.08. The topological polar surface area (TPSA) is 62.0 Å². The van der Waals surface area contributed by atoms with Gasteiger partial charge in [0.15, 0.2) is 0 Å². The molecule has 4 heteroatoms. The Balaban J connectivity index is 2.75. The lowest BCUT2D eigenvalue weighted by atomic mass is 10.1. The molecule has 0 radical (unpaired) electrons. The molecule has 0 unspecified atom stereocenters. The first-order chi connectivity index (χ1) is 7.69. The Kier molecular flexibility index (Phi) is 3.08. The van der Waals surface area contributed by atoms with Crippen molar-refractivity contribution < 1.29 is 5.11 Å². The number of hydrogen-bond donors (Lipinski definition) is 3. The Hall–Kier alpha value is -1.19. The molecule has 0 amide bonds. The molecule has 0 aliphatic rings. The van der Waals surface area contributed by atoms with E-state index >= 15 is 0 Å². The van der Waals surface area contributed by atoms with E-state index in [1.54, 1.807) is 6.07 Å². The minimum atomic E-state index is 0.120. The van der Waals surface area contributed by atoms with E-state index in [-0.39, 0.29) is 5.75 Å². The predicted octanol–water partition coefficient (Wildman–Crippen LogP) is 2.59. The number of H-pyrrole nitrogens is 1. The van der Waals surface area contributed by atoms with Crippen molar-refractivity contribution in [2.45, 2.75) is 19.8 Å². The van der Waals surface area contributed by atoms with Gasteiger partial charge in [0.1, 0.15) is 5.75 Å². The monoisotopic (exact) mass is 238 g/mol. The van der Waals surface area contributed by atoms with Crippen molar-refractivity contribution in [2.75, 3.05) is 6.54 Å². The highest BCUT2D eigenvalue weighted by molar-refractivity contribution is 6.37. The standard InChI is InChI=1S/C12H15ClN2O/c1-2-8-7(5-6-14)11-9(15-8)3-4-10(16)12(11)13/h3-4,15-16H,2,5-6,14H2,1H3. The number of nitrogens with one attached hydrogen (secondary N) is 1. The first kappa shape index (κ1) is 11.3. The van der Waals surface area contributed by atoms with Crippen LogP contribution in [0.3, 0.4) is 0 Å². The Bertz CT molecular complexity index is 519. The molecule has 2 rings (SSSR count). The summed E-state index contributed by atoms with van der Waals surface area (Å²) in [5.74, 6) is 0.120. The number of halogens is 1. The number of aromatic amines is 1. The zero-order chi connectivity index (χ0) is 11.7. The normalized spacial score (nSPS) is 11.2. The smallest absolute Gasteiger partial charge is 0.134 e. The van der Waals surface area contributed by atoms with Crippen molar-refractivity contribution >= 4 is 22.5 Å². The maximum atomic E-state index is 9.61. The van der Waals surface area contributed by atoms with E-state index in [0.717, 1.165) is 35.0 Å². The molecule has 4 N–H and O–H groups in total. The molecule has 3 nitrogen and oxygen atoms in total. The SMILES string of the molecule is CCc1[nH]c2ccc(O)c(Cl)c2c1CCN. The highest BCUT2D eigenvalue weighted by Gasteiger charge is 2.14. The van der Waals surface area contributed by atoms with Crippen LogP contribution in [0.25, 0.3) is 10.9 Å². The van der Waals surface area contributed by atoms with E-state index in [2.05, 4.69) is 11.9 Å². The molecule has 0 saturated heterocycles. The van der Waals surface area contributed by atoms with Gasteiger partial charge in [-0.2, -0.15) is 0 Å². The predicted molar refractivity (Wildman–Crippen MR) is 67.1 cm³/mol. The van der Waals surface area contributed by atoms with Crippen LogP contribution in [0.4, 0.5) is 0 Å². The largest absolute Gasteiger partial charge is 0.506 e. The number of phenols is 1. The van der Waals surface area contributed by atoms with Crippen molar-refractivity contribution in [3.63, 3.8) is 0 Å². The third-order valence-electron chi connectivity index (χ3n) is 2.82. The lowest BCUT2D eigenvalue weighted by Gasteiger charge is -2.03. The van der Waals surface area contributed by atoms with Crippen LogP contribution in [-0.4, -0.2) is 16.6 Å². The summed E-state index contributed by atoms with van der Waals surface area (Å²) in [4.78, 5) is 3.32. The molecule has 0 aliphatic carbocycles. The van der Waals surface area contributed by atoms with E-state index in [1.807, 2.05) is 6.07 Å². The van der Waals surface area contributed by atoms with Gasteiger partial charge in [0.05, 0.1) is 5.02 Å². The zero-order valence-electron chi connectivity index (χ0n) is 9.18. The zero-order valence-corrected chi connectivity index (χ0v) is 9.93. The van der Waals surface area contributed by atoms with Crippen LogP contribution in [-0.2, 0) is 12.8 Å². The first-order valence-corrected chi connectivity index (χ1v) is 5.77. The second-order valence-corrected chi connectivity index (χ2v) is 4.17. The lowest BCUT2D eigenvalue weighted by Crippen LogP contribution is -2.04. The van der Waals surface area contributed by atoms with E-state index in [0.29, 0.717) is 11.6 Å². The number of nitrogens with two attached hydrogens (primary N) is 1. The molecule has 1 aromatic heterocycles. The van der Waals surface area contributed by atoms with Crippen LogP contribution in [0.1, 0.15) is 18.2 Å². The van der Waals surface area contributed by atoms with Gasteiger partial charge in [0.25, 0.3) is 0 Å². The lowest BCUT2D eigenvalue weighted by molar-refractivity contribution is 0.476. The molecule has 0 bridgehead atoms. The molecular weight excluding hydrogens is 224 g/mol. The Morgan fingerprint density at radius 2 is 2.19 bits per heavy atom. The number of aromatic hydroxyl groups is 1. The quantitative estimate of drug-likeness (QED) is 0.770. The van der Waals surface area contributed by atoms with Gasteiger partial charge in [-0.1, -0.05) is 18.5 Å². The van der Waals surface area contributed by atoms with Crippen LogP contribution in [0, 0.1) is 0 Å². The number of aromatic nitrogens is 1. The molecule has 0 spiro atoms. The fourth-order valence-corrected chi connectivity index (χ4v) is 2.35. The second-order valence-electron chi connectivity index (χ2n) is 3.80. The Labute approximate surface area is 99.2 Å². The van der Waals surface area contributed by atoms with Gasteiger partial charge in [0.2, 0.25) is 0 Å². The maximum absolute atomic E-state index is 9.61. The summed E-state index contributed by atoms with van der Waals surface area (Å²) < 4.78 is 0. The number of hydrogen-bond acceptors (Lipinski definition) is 2. The number of rotatable bonds is 3. The molecular formula is C12H15ClN2O. The van der Waals surface area contributed by atoms with Gasteiger partial charge >= 0.3 is 0 Å². The number of phenolic OH excluding ortho intramolecular Hbond substituents is 1. The highest BCUT2D eigenvalue weighted by Crippen LogP contribution is 2.35. The summed E-state index contributed by atoms with van der Waals surface area (Å²) in [6.07, 6.45) is 1.67. The van der Waals surface area contributed by atoms with Crippen molar-refractivity contribution in [1.82, 2.24) is 4.98 Å². The van der Waals surface area contributed by atoms with E-state index in [4.69, 9.17) is 17.3 Å². The van der Waals surface area contributed by atoms with Gasteiger partial charge in [-0.15, -0.1) is 0 Å². The molecule has 1 aromatic carbocycles. The molecule has 1 heterocycles. The summed E-state index contributed by atoms with van der Waals surface area (Å²) in [5.41, 5.74) is 8.84. The average Bonchev–Trinajstić information content (AvgIpc) is 2.63. The molecule has 86 valence electrons. The third-order valence-corrected chi connectivity index (χ3v) is 3.20. The number of benzene rings is 1. The van der Waals surface area contributed by atoms with Gasteiger partial charge in [-0.3, -0.25) is 0 Å². The van der Waals surface area contributed by atoms with Crippen LogP contribution in [0.5, 0.6) is 5.75 Å². The average molecular weight is 239 g/mol. The maximum Gasteiger partial charge on any atom is 0.134 e. The van der Waals surface area contributed by atoms with E-state index < -0.39 is 0 Å². The summed E-state index contributed by atoms with van der Waals surface area (Å²) in [6.45, 7) is 2.66. The summed E-state index contributed by atoms with van der Waals surface area (Å²) in [5, 5.41) is 10.9. The van der Waals surface area contributed by atoms with Gasteiger partial charge in [0, 0.05) is 16.6 Å². The second kappa shape index (κ2) is 4.36. The number of fused-ring (bicyclic) bond motifs is 1. The Morgan fingerprint density at radius 3 is 2.81 bits per heavy atom. The summed E-state index contributed by atoms with van der Waals surface area (Å²) in [6, 6.07) is 3.45. The van der Waals surface area contributed by atoms with Crippen molar-refractivity contribution in [2.24, 2.45) is 5.73 Å². The van der Waals surface area contributed by atoms with Crippen LogP contribution in [0.15, 0.2) is 12.1 Å². The minimum Gasteiger partial charge on any atom is -0.506 e.